The Hall–Kier alpha value is 0.130. The van der Waals surface area contributed by atoms with Crippen LogP contribution in [0.2, 0.25) is 5.02 Å². The molecule has 1 aromatic heterocycles. The second-order valence-corrected chi connectivity index (χ2v) is 8.41. The molecule has 1 aromatic carbocycles. The molecular weight excluding hydrogens is 409 g/mol. The van der Waals surface area contributed by atoms with Crippen molar-refractivity contribution in [1.29, 1.82) is 0 Å². The van der Waals surface area contributed by atoms with E-state index in [4.69, 9.17) is 11.6 Å². The lowest BCUT2D eigenvalue weighted by atomic mass is 10.0. The molecule has 1 N–H and O–H groups in total. The summed E-state index contributed by atoms with van der Waals surface area (Å²) in [4.78, 5) is 0. The summed E-state index contributed by atoms with van der Waals surface area (Å²) in [5, 5.41) is 4.35. The summed E-state index contributed by atoms with van der Waals surface area (Å²) < 4.78 is 2.27. The quantitative estimate of drug-likeness (QED) is 0.620. The second kappa shape index (κ2) is 7.23. The summed E-state index contributed by atoms with van der Waals surface area (Å²) >= 11 is 15.0. The maximum atomic E-state index is 6.11. The fraction of sp³-hybridized carbons (Fsp3) is 0.286. The van der Waals surface area contributed by atoms with Crippen LogP contribution in [0.1, 0.15) is 30.5 Å². The molecule has 1 atom stereocenters. The Balaban J connectivity index is 2.38. The van der Waals surface area contributed by atoms with Crippen molar-refractivity contribution in [3.8, 4) is 0 Å². The zero-order valence-corrected chi connectivity index (χ0v) is 15.2. The van der Waals surface area contributed by atoms with Gasteiger partial charge >= 0.3 is 0 Å². The molecule has 0 radical (unpaired) electrons. The number of nitrogens with one attached hydrogen (secondary N) is 1. The Morgan fingerprint density at radius 2 is 2.11 bits per heavy atom. The number of benzene rings is 1. The average molecular weight is 424 g/mol. The molecule has 0 saturated heterocycles. The van der Waals surface area contributed by atoms with Crippen LogP contribution in [0.25, 0.3) is 0 Å². The number of rotatable bonds is 5. The van der Waals surface area contributed by atoms with E-state index in [-0.39, 0.29) is 6.04 Å². The number of halogens is 3. The Labute approximate surface area is 139 Å². The summed E-state index contributed by atoms with van der Waals surface area (Å²) in [7, 11) is 0. The number of hydrogen-bond donors (Lipinski definition) is 1. The van der Waals surface area contributed by atoms with Crippen molar-refractivity contribution in [3.05, 3.63) is 54.1 Å². The van der Waals surface area contributed by atoms with Gasteiger partial charge in [0.2, 0.25) is 0 Å². The van der Waals surface area contributed by atoms with Crippen LogP contribution in [-0.2, 0) is 0 Å². The Kier molecular flexibility index (Phi) is 5.90. The van der Waals surface area contributed by atoms with Gasteiger partial charge in [-0.15, -0.1) is 11.3 Å². The first-order valence-corrected chi connectivity index (χ1v) is 8.83. The summed E-state index contributed by atoms with van der Waals surface area (Å²) in [5.41, 5.74) is 2.43. The van der Waals surface area contributed by atoms with Crippen molar-refractivity contribution in [2.24, 2.45) is 0 Å². The van der Waals surface area contributed by atoms with Crippen molar-refractivity contribution in [3.63, 3.8) is 0 Å². The van der Waals surface area contributed by atoms with Gasteiger partial charge in [0.1, 0.15) is 0 Å². The standard InChI is InChI=1S/C14H14Br2ClNS/c1-2-6-18-13(9-4-3-5-10(17)7-9)11-8-12(15)19-14(11)16/h3-5,7-8,13,18H,2,6H2,1H3. The van der Waals surface area contributed by atoms with E-state index in [1.165, 1.54) is 11.1 Å². The third kappa shape index (κ3) is 4.05. The second-order valence-electron chi connectivity index (χ2n) is 4.22. The molecule has 0 spiro atoms. The third-order valence-corrected chi connectivity index (χ3v) is 5.40. The topological polar surface area (TPSA) is 12.0 Å². The predicted octanol–water partition coefficient (Wildman–Crippen LogP) is 6.02. The smallest absolute Gasteiger partial charge is 0.0761 e. The SMILES string of the molecule is CCCNC(c1cccc(Cl)c1)c1cc(Br)sc1Br. The van der Waals surface area contributed by atoms with Gasteiger partial charge in [-0.3, -0.25) is 0 Å². The van der Waals surface area contributed by atoms with Crippen molar-refractivity contribution >= 4 is 54.8 Å². The predicted molar refractivity (Wildman–Crippen MR) is 91.3 cm³/mol. The highest BCUT2D eigenvalue weighted by Gasteiger charge is 2.18. The lowest BCUT2D eigenvalue weighted by Crippen LogP contribution is -2.23. The minimum absolute atomic E-state index is 0.163. The molecule has 5 heteroatoms. The zero-order valence-electron chi connectivity index (χ0n) is 10.4. The van der Waals surface area contributed by atoms with Gasteiger partial charge in [-0.1, -0.05) is 30.7 Å². The monoisotopic (exact) mass is 421 g/mol. The molecule has 2 rings (SSSR count). The van der Waals surface area contributed by atoms with E-state index in [1.54, 1.807) is 11.3 Å². The van der Waals surface area contributed by atoms with E-state index in [0.29, 0.717) is 0 Å². The highest BCUT2D eigenvalue weighted by atomic mass is 79.9. The van der Waals surface area contributed by atoms with E-state index in [0.717, 1.165) is 25.6 Å². The molecule has 0 aliphatic rings. The van der Waals surface area contributed by atoms with Gasteiger partial charge < -0.3 is 5.32 Å². The Morgan fingerprint density at radius 3 is 2.68 bits per heavy atom. The van der Waals surface area contributed by atoms with Crippen LogP contribution in [-0.4, -0.2) is 6.54 Å². The Morgan fingerprint density at radius 1 is 1.32 bits per heavy atom. The summed E-state index contributed by atoms with van der Waals surface area (Å²) in [6.07, 6.45) is 1.10. The number of hydrogen-bond acceptors (Lipinski definition) is 2. The molecule has 19 heavy (non-hydrogen) atoms. The van der Waals surface area contributed by atoms with Crippen LogP contribution >= 0.6 is 54.8 Å². The van der Waals surface area contributed by atoms with Crippen LogP contribution in [0, 0.1) is 0 Å². The minimum Gasteiger partial charge on any atom is -0.306 e. The summed E-state index contributed by atoms with van der Waals surface area (Å²) in [6.45, 7) is 3.14. The van der Waals surface area contributed by atoms with Gasteiger partial charge in [-0.25, -0.2) is 0 Å². The van der Waals surface area contributed by atoms with Crippen LogP contribution in [0.15, 0.2) is 37.9 Å². The van der Waals surface area contributed by atoms with E-state index in [1.807, 2.05) is 18.2 Å². The maximum absolute atomic E-state index is 6.11. The van der Waals surface area contributed by atoms with Gasteiger partial charge in [-0.2, -0.15) is 0 Å². The average Bonchev–Trinajstić information content (AvgIpc) is 2.69. The summed E-state index contributed by atoms with van der Waals surface area (Å²) in [5.74, 6) is 0. The highest BCUT2D eigenvalue weighted by Crippen LogP contribution is 2.38. The van der Waals surface area contributed by atoms with E-state index >= 15 is 0 Å². The van der Waals surface area contributed by atoms with Crippen molar-refractivity contribution in [1.82, 2.24) is 5.32 Å². The lowest BCUT2D eigenvalue weighted by molar-refractivity contribution is 0.598. The molecule has 0 fully saturated rings. The van der Waals surface area contributed by atoms with Gasteiger partial charge in [0.25, 0.3) is 0 Å². The molecule has 1 nitrogen and oxygen atoms in total. The molecule has 1 heterocycles. The first-order valence-electron chi connectivity index (χ1n) is 6.05. The molecule has 102 valence electrons. The van der Waals surface area contributed by atoms with E-state index in [9.17, 15) is 0 Å². The molecular formula is C14H14Br2ClNS. The number of thiophene rings is 1. The maximum Gasteiger partial charge on any atom is 0.0761 e. The van der Waals surface area contributed by atoms with Gasteiger partial charge in [0.15, 0.2) is 0 Å². The normalized spacial score (nSPS) is 12.6. The van der Waals surface area contributed by atoms with Crippen LogP contribution in [0.3, 0.4) is 0 Å². The summed E-state index contributed by atoms with van der Waals surface area (Å²) in [6, 6.07) is 10.3. The van der Waals surface area contributed by atoms with Crippen LogP contribution < -0.4 is 5.32 Å². The van der Waals surface area contributed by atoms with Crippen molar-refractivity contribution in [2.75, 3.05) is 6.54 Å². The Bertz CT molecular complexity index is 556. The first kappa shape index (κ1) is 15.5. The first-order chi connectivity index (χ1) is 9.11. The van der Waals surface area contributed by atoms with E-state index < -0.39 is 0 Å². The molecule has 0 bridgehead atoms. The lowest BCUT2D eigenvalue weighted by Gasteiger charge is -2.19. The van der Waals surface area contributed by atoms with E-state index in [2.05, 4.69) is 56.2 Å². The fourth-order valence-electron chi connectivity index (χ4n) is 1.93. The third-order valence-electron chi connectivity index (χ3n) is 2.77. The van der Waals surface area contributed by atoms with Crippen molar-refractivity contribution in [2.45, 2.75) is 19.4 Å². The van der Waals surface area contributed by atoms with Gasteiger partial charge in [0, 0.05) is 5.02 Å². The van der Waals surface area contributed by atoms with Crippen LogP contribution in [0.5, 0.6) is 0 Å². The highest BCUT2D eigenvalue weighted by molar-refractivity contribution is 9.12. The molecule has 0 aliphatic carbocycles. The van der Waals surface area contributed by atoms with Gasteiger partial charge in [-0.05, 0) is 74.2 Å². The molecule has 0 amide bonds. The zero-order chi connectivity index (χ0) is 13.8. The molecule has 0 saturated carbocycles. The largest absolute Gasteiger partial charge is 0.306 e. The van der Waals surface area contributed by atoms with Gasteiger partial charge in [0.05, 0.1) is 13.6 Å². The minimum atomic E-state index is 0.163. The fourth-order valence-corrected chi connectivity index (χ4v) is 5.03. The molecule has 2 aromatic rings. The van der Waals surface area contributed by atoms with Crippen LogP contribution in [0.4, 0.5) is 0 Å². The molecule has 1 unspecified atom stereocenters. The van der Waals surface area contributed by atoms with Crippen molar-refractivity contribution < 1.29 is 0 Å². The molecule has 0 aliphatic heterocycles.